The molecule has 53 heavy (non-hydrogen) atoms. The lowest BCUT2D eigenvalue weighted by Gasteiger charge is -2.16. The van der Waals surface area contributed by atoms with Crippen molar-refractivity contribution in [3.05, 3.63) is 84.4 Å². The van der Waals surface area contributed by atoms with Crippen molar-refractivity contribution in [1.29, 1.82) is 0 Å². The van der Waals surface area contributed by atoms with Gasteiger partial charge in [0.25, 0.3) is 36.3 Å². The quantitative estimate of drug-likeness (QED) is 0.0957. The van der Waals surface area contributed by atoms with Crippen molar-refractivity contribution in [3.63, 3.8) is 0 Å². The van der Waals surface area contributed by atoms with E-state index >= 15 is 0 Å². The number of fused-ring (bicyclic) bond motifs is 1. The van der Waals surface area contributed by atoms with Gasteiger partial charge in [-0.1, -0.05) is 30.3 Å². The lowest BCUT2D eigenvalue weighted by atomic mass is 10.1. The number of rotatable bonds is 10. The van der Waals surface area contributed by atoms with Gasteiger partial charge in [0.05, 0.1) is 11.4 Å². The molecule has 0 spiro atoms. The first-order valence-electron chi connectivity index (χ1n) is 14.7. The molecular formula is C30H24FN9O10S3. The third kappa shape index (κ3) is 7.84. The molecule has 19 nitrogen and oxygen atoms in total. The maximum absolute atomic E-state index is 14.4. The number of amides is 1. The average molecular weight is 786 g/mol. The summed E-state index contributed by atoms with van der Waals surface area (Å²) in [6, 6.07) is 13.9. The lowest BCUT2D eigenvalue weighted by molar-refractivity contribution is -0.117. The molecule has 0 aliphatic carbocycles. The van der Waals surface area contributed by atoms with Crippen LogP contribution in [0, 0.1) is 13.0 Å². The number of halogens is 1. The smallest absolute Gasteiger partial charge is 0.315 e. The molecule has 1 aliphatic rings. The molecule has 23 heteroatoms. The van der Waals surface area contributed by atoms with Gasteiger partial charge in [-0.3, -0.25) is 18.5 Å². The van der Waals surface area contributed by atoms with E-state index in [1.54, 1.807) is 31.2 Å². The highest BCUT2D eigenvalue weighted by Crippen LogP contribution is 2.36. The van der Waals surface area contributed by atoms with Crippen molar-refractivity contribution in [3.8, 4) is 0 Å². The second-order valence-electron chi connectivity index (χ2n) is 11.2. The third-order valence-corrected chi connectivity index (χ3v) is 10.3. The van der Waals surface area contributed by atoms with Crippen molar-refractivity contribution in [1.82, 2.24) is 15.0 Å². The molecule has 6 rings (SSSR count). The first kappa shape index (κ1) is 36.9. The number of hydrazone groups is 1. The number of anilines is 5. The number of nitrogens with one attached hydrogen (secondary N) is 2. The second-order valence-corrected chi connectivity index (χ2v) is 15.4. The van der Waals surface area contributed by atoms with Crippen molar-refractivity contribution in [2.45, 2.75) is 34.6 Å². The highest BCUT2D eigenvalue weighted by molar-refractivity contribution is 7.86. The summed E-state index contributed by atoms with van der Waals surface area (Å²) in [5, 5.41) is 17.4. The SMILES string of the molecule is CC1=NN(c2cc(S(=O)(=O)O)c3cccc(S(=O)(=O)O)c3c2)C(=O)C1N=Nc1cc(Nc2nc(F)nc(Nc3ccccc3C)n2)ccc1S(=O)(=O)O. The van der Waals surface area contributed by atoms with Crippen LogP contribution in [0.3, 0.4) is 0 Å². The Morgan fingerprint density at radius 3 is 2.06 bits per heavy atom. The van der Waals surface area contributed by atoms with Crippen LogP contribution in [0.5, 0.6) is 0 Å². The van der Waals surface area contributed by atoms with Gasteiger partial charge in [-0.05, 0) is 61.9 Å². The van der Waals surface area contributed by atoms with E-state index in [4.69, 9.17) is 0 Å². The first-order valence-corrected chi connectivity index (χ1v) is 19.1. The van der Waals surface area contributed by atoms with E-state index in [9.17, 15) is 48.1 Å². The van der Waals surface area contributed by atoms with Gasteiger partial charge in [-0.25, -0.2) is 0 Å². The Kier molecular flexibility index (Phi) is 9.48. The summed E-state index contributed by atoms with van der Waals surface area (Å²) in [5.74, 6) is -1.45. The van der Waals surface area contributed by atoms with Crippen LogP contribution < -0.4 is 15.6 Å². The molecule has 1 amide bonds. The van der Waals surface area contributed by atoms with Gasteiger partial charge in [0.15, 0.2) is 6.04 Å². The molecule has 0 radical (unpaired) electrons. The predicted molar refractivity (Wildman–Crippen MR) is 186 cm³/mol. The normalized spacial score (nSPS) is 15.3. The summed E-state index contributed by atoms with van der Waals surface area (Å²) in [6.45, 7) is 3.14. The van der Waals surface area contributed by atoms with Crippen molar-refractivity contribution in [2.75, 3.05) is 15.6 Å². The van der Waals surface area contributed by atoms with E-state index in [2.05, 4.69) is 40.9 Å². The number of carbonyl (C=O) groups excluding carboxylic acids is 1. The zero-order valence-electron chi connectivity index (χ0n) is 26.9. The van der Waals surface area contributed by atoms with Crippen molar-refractivity contribution in [2.24, 2.45) is 15.3 Å². The molecule has 5 aromatic rings. The van der Waals surface area contributed by atoms with Gasteiger partial charge < -0.3 is 10.6 Å². The number of para-hydroxylation sites is 1. The first-order chi connectivity index (χ1) is 24.8. The highest BCUT2D eigenvalue weighted by Gasteiger charge is 2.36. The molecule has 1 aromatic heterocycles. The molecule has 2 heterocycles. The summed E-state index contributed by atoms with van der Waals surface area (Å²) >= 11 is 0. The second kappa shape index (κ2) is 13.6. The van der Waals surface area contributed by atoms with Gasteiger partial charge in [-0.15, -0.1) is 0 Å². The molecule has 4 aromatic carbocycles. The molecule has 1 aliphatic heterocycles. The number of azo groups is 1. The number of hydrogen-bond donors (Lipinski definition) is 5. The minimum Gasteiger partial charge on any atom is -0.324 e. The fourth-order valence-corrected chi connectivity index (χ4v) is 7.21. The van der Waals surface area contributed by atoms with Crippen LogP contribution in [0.25, 0.3) is 10.8 Å². The minimum atomic E-state index is -5.03. The van der Waals surface area contributed by atoms with Gasteiger partial charge in [0.2, 0.25) is 11.9 Å². The van der Waals surface area contributed by atoms with E-state index in [-0.39, 0.29) is 39.8 Å². The summed E-state index contributed by atoms with van der Waals surface area (Å²) in [4.78, 5) is 22.6. The van der Waals surface area contributed by atoms with Gasteiger partial charge >= 0.3 is 6.08 Å². The van der Waals surface area contributed by atoms with E-state index < -0.39 is 68.8 Å². The lowest BCUT2D eigenvalue weighted by Crippen LogP contribution is -2.29. The van der Waals surface area contributed by atoms with Crippen LogP contribution in [0.15, 0.2) is 103 Å². The molecule has 274 valence electrons. The number of nitrogens with zero attached hydrogens (tertiary/aromatic N) is 7. The maximum Gasteiger partial charge on any atom is 0.315 e. The van der Waals surface area contributed by atoms with Gasteiger partial charge in [0, 0.05) is 22.1 Å². The van der Waals surface area contributed by atoms with Crippen LogP contribution >= 0.6 is 0 Å². The van der Waals surface area contributed by atoms with E-state index in [1.165, 1.54) is 19.1 Å². The number of aryl methyl sites for hydroxylation is 1. The highest BCUT2D eigenvalue weighted by atomic mass is 32.2. The molecule has 0 saturated carbocycles. The average Bonchev–Trinajstić information content (AvgIpc) is 3.34. The Morgan fingerprint density at radius 2 is 1.40 bits per heavy atom. The Hall–Kier alpha value is -5.85. The Labute approximate surface area is 299 Å². The Balaban J connectivity index is 1.33. The number of aromatic nitrogens is 3. The summed E-state index contributed by atoms with van der Waals surface area (Å²) in [5.41, 5.74) is 0.537. The van der Waals surface area contributed by atoms with Gasteiger partial charge in [0.1, 0.15) is 20.4 Å². The van der Waals surface area contributed by atoms with Crippen LogP contribution in [0.1, 0.15) is 12.5 Å². The van der Waals surface area contributed by atoms with E-state index in [0.29, 0.717) is 10.7 Å². The molecule has 5 N–H and O–H groups in total. The van der Waals surface area contributed by atoms with Gasteiger partial charge in [-0.2, -0.15) is 64.9 Å². The standard InChI is InChI=1S/C30H24FN9O10S3/c1-15-6-3-4-8-21(15)33-30-35-28(31)34-29(36-30)32-17-10-11-24(52(45,46)47)22(12-17)37-38-26-16(2)39-40(27(26)41)18-13-20-19(25(14-18)53(48,49)50)7-5-9-23(20)51(42,43)44/h3-14,26H,1-2H3,(H,42,43,44)(H,45,46,47)(H,48,49,50)(H2,32,33,34,35,36). The minimum absolute atomic E-state index is 0.0344. The maximum atomic E-state index is 14.4. The molecule has 1 atom stereocenters. The number of carbonyl (C=O) groups is 1. The molecular weight excluding hydrogens is 762 g/mol. The Morgan fingerprint density at radius 1 is 0.736 bits per heavy atom. The topological polar surface area (TPSA) is 283 Å². The Bertz CT molecular complexity index is 2750. The van der Waals surface area contributed by atoms with Crippen LogP contribution in [-0.4, -0.2) is 71.5 Å². The van der Waals surface area contributed by atoms with Crippen LogP contribution in [-0.2, 0) is 35.1 Å². The largest absolute Gasteiger partial charge is 0.324 e. The number of hydrogen-bond acceptors (Lipinski definition) is 15. The number of benzene rings is 4. The van der Waals surface area contributed by atoms with Crippen molar-refractivity contribution < 1.29 is 48.1 Å². The molecule has 0 saturated heterocycles. The summed E-state index contributed by atoms with van der Waals surface area (Å²) < 4.78 is 117. The monoisotopic (exact) mass is 785 g/mol. The zero-order chi connectivity index (χ0) is 38.5. The fourth-order valence-electron chi connectivity index (χ4n) is 5.18. The third-order valence-electron chi connectivity index (χ3n) is 7.57. The molecule has 0 fully saturated rings. The summed E-state index contributed by atoms with van der Waals surface area (Å²) in [6.07, 6.45) is -1.16. The molecule has 1 unspecified atom stereocenters. The predicted octanol–water partition coefficient (Wildman–Crippen LogP) is 4.57. The van der Waals surface area contributed by atoms with E-state index in [0.717, 1.165) is 42.0 Å². The summed E-state index contributed by atoms with van der Waals surface area (Å²) in [7, 11) is -14.9. The zero-order valence-corrected chi connectivity index (χ0v) is 29.4. The molecule has 0 bridgehead atoms. The van der Waals surface area contributed by atoms with Crippen molar-refractivity contribution >= 4 is 87.4 Å². The van der Waals surface area contributed by atoms with E-state index in [1.807, 2.05) is 0 Å². The van der Waals surface area contributed by atoms with Crippen LogP contribution in [0.4, 0.5) is 39.0 Å². The van der Waals surface area contributed by atoms with Crippen LogP contribution in [0.2, 0.25) is 0 Å². The fraction of sp³-hybridized carbons (Fsp3) is 0.100.